The van der Waals surface area contributed by atoms with Gasteiger partial charge in [0.15, 0.2) is 11.0 Å². The molecule has 2 aromatic heterocycles. The summed E-state index contributed by atoms with van der Waals surface area (Å²) in [7, 11) is 0. The van der Waals surface area contributed by atoms with Gasteiger partial charge in [0, 0.05) is 0 Å². The van der Waals surface area contributed by atoms with Crippen LogP contribution in [-0.2, 0) is 0 Å². The van der Waals surface area contributed by atoms with Gasteiger partial charge in [-0.3, -0.25) is 0 Å². The summed E-state index contributed by atoms with van der Waals surface area (Å²) in [6.45, 7) is 1.88. The van der Waals surface area contributed by atoms with Crippen LogP contribution in [0.4, 0.5) is 8.78 Å². The molecule has 1 aromatic carbocycles. The quantitative estimate of drug-likeness (QED) is 0.422. The van der Waals surface area contributed by atoms with Crippen molar-refractivity contribution in [1.82, 2.24) is 9.97 Å². The van der Waals surface area contributed by atoms with Gasteiger partial charge in [-0.1, -0.05) is 11.6 Å². The maximum Gasteiger partial charge on any atom is 0.164 e. The highest BCUT2D eigenvalue weighted by Crippen LogP contribution is 2.33. The maximum absolute atomic E-state index is 14.0. The van der Waals surface area contributed by atoms with E-state index < -0.39 is 11.6 Å². The molecule has 0 saturated carbocycles. The van der Waals surface area contributed by atoms with Crippen LogP contribution in [0.3, 0.4) is 0 Å². The van der Waals surface area contributed by atoms with E-state index in [1.807, 2.05) is 12.3 Å². The SMILES string of the molecule is Cc1csc2c(Cl)nc(-c3cc(F)c(Br)cc3F)nc12. The van der Waals surface area contributed by atoms with E-state index in [0.29, 0.717) is 5.52 Å². The van der Waals surface area contributed by atoms with Crippen LogP contribution < -0.4 is 0 Å². The molecule has 0 spiro atoms. The minimum Gasteiger partial charge on any atom is -0.227 e. The van der Waals surface area contributed by atoms with E-state index in [4.69, 9.17) is 11.6 Å². The van der Waals surface area contributed by atoms with Gasteiger partial charge in [-0.15, -0.1) is 11.3 Å². The van der Waals surface area contributed by atoms with Crippen LogP contribution in [0.25, 0.3) is 21.6 Å². The molecule has 7 heteroatoms. The molecule has 0 aliphatic heterocycles. The third-order valence-corrected chi connectivity index (χ3v) is 4.89. The zero-order valence-corrected chi connectivity index (χ0v) is 13.2. The zero-order chi connectivity index (χ0) is 14.4. The number of nitrogens with zero attached hydrogens (tertiary/aromatic N) is 2. The second-order valence-corrected chi connectivity index (χ2v) is 6.27. The van der Waals surface area contributed by atoms with Gasteiger partial charge in [-0.2, -0.15) is 0 Å². The predicted octanol–water partition coefficient (Wildman–Crippen LogP) is 5.36. The van der Waals surface area contributed by atoms with Crippen molar-refractivity contribution in [2.75, 3.05) is 0 Å². The van der Waals surface area contributed by atoms with Crippen molar-refractivity contribution in [3.05, 3.63) is 44.3 Å². The van der Waals surface area contributed by atoms with E-state index in [1.54, 1.807) is 0 Å². The number of aromatic nitrogens is 2. The monoisotopic (exact) mass is 374 g/mol. The lowest BCUT2D eigenvalue weighted by molar-refractivity contribution is 0.596. The smallest absolute Gasteiger partial charge is 0.164 e. The van der Waals surface area contributed by atoms with Crippen molar-refractivity contribution in [2.45, 2.75) is 6.92 Å². The number of hydrogen-bond acceptors (Lipinski definition) is 3. The van der Waals surface area contributed by atoms with Gasteiger partial charge in [0.25, 0.3) is 0 Å². The van der Waals surface area contributed by atoms with Gasteiger partial charge in [-0.25, -0.2) is 18.7 Å². The van der Waals surface area contributed by atoms with E-state index >= 15 is 0 Å². The summed E-state index contributed by atoms with van der Waals surface area (Å²) in [5.74, 6) is -1.11. The van der Waals surface area contributed by atoms with Gasteiger partial charge in [0.1, 0.15) is 11.6 Å². The third-order valence-electron chi connectivity index (χ3n) is 2.80. The largest absolute Gasteiger partial charge is 0.227 e. The highest BCUT2D eigenvalue weighted by molar-refractivity contribution is 9.10. The first-order valence-electron chi connectivity index (χ1n) is 5.53. The fraction of sp³-hybridized carbons (Fsp3) is 0.0769. The number of halogens is 4. The van der Waals surface area contributed by atoms with Crippen molar-refractivity contribution in [3.63, 3.8) is 0 Å². The van der Waals surface area contributed by atoms with E-state index in [9.17, 15) is 8.78 Å². The average Bonchev–Trinajstić information content (AvgIpc) is 2.76. The van der Waals surface area contributed by atoms with Crippen LogP contribution >= 0.6 is 38.9 Å². The molecule has 0 amide bonds. The van der Waals surface area contributed by atoms with E-state index in [1.165, 1.54) is 11.3 Å². The van der Waals surface area contributed by atoms with Crippen molar-refractivity contribution in [1.29, 1.82) is 0 Å². The Labute approximate surface area is 130 Å². The Morgan fingerprint density at radius 3 is 2.70 bits per heavy atom. The second kappa shape index (κ2) is 5.02. The van der Waals surface area contributed by atoms with Gasteiger partial charge < -0.3 is 0 Å². The normalized spacial score (nSPS) is 11.2. The van der Waals surface area contributed by atoms with E-state index in [-0.39, 0.29) is 21.0 Å². The molecule has 3 rings (SSSR count). The Bertz CT molecular complexity index is 835. The predicted molar refractivity (Wildman–Crippen MR) is 80.2 cm³/mol. The number of fused-ring (bicyclic) bond motifs is 1. The highest BCUT2D eigenvalue weighted by Gasteiger charge is 2.16. The molecule has 2 nitrogen and oxygen atoms in total. The van der Waals surface area contributed by atoms with Crippen LogP contribution in [0.2, 0.25) is 5.15 Å². The lowest BCUT2D eigenvalue weighted by atomic mass is 10.2. The maximum atomic E-state index is 14.0. The molecule has 0 aliphatic carbocycles. The molecule has 102 valence electrons. The highest BCUT2D eigenvalue weighted by atomic mass is 79.9. The van der Waals surface area contributed by atoms with E-state index in [2.05, 4.69) is 25.9 Å². The first kappa shape index (κ1) is 13.9. The molecule has 0 atom stereocenters. The van der Waals surface area contributed by atoms with Crippen LogP contribution in [0.1, 0.15) is 5.56 Å². The van der Waals surface area contributed by atoms with Gasteiger partial charge in [0.2, 0.25) is 0 Å². The van der Waals surface area contributed by atoms with E-state index in [0.717, 1.165) is 22.4 Å². The third kappa shape index (κ3) is 2.21. The van der Waals surface area contributed by atoms with Crippen LogP contribution in [0.15, 0.2) is 22.0 Å². The number of hydrogen-bond donors (Lipinski definition) is 0. The van der Waals surface area contributed by atoms with Crippen LogP contribution in [-0.4, -0.2) is 9.97 Å². The summed E-state index contributed by atoms with van der Waals surface area (Å²) >= 11 is 10.4. The first-order valence-corrected chi connectivity index (χ1v) is 7.58. The lowest BCUT2D eigenvalue weighted by Gasteiger charge is -2.05. The molecule has 20 heavy (non-hydrogen) atoms. The second-order valence-electron chi connectivity index (χ2n) is 4.18. The Hall–Kier alpha value is -1.11. The number of aryl methyl sites for hydroxylation is 1. The summed E-state index contributed by atoms with van der Waals surface area (Å²) in [6.07, 6.45) is 0. The van der Waals surface area contributed by atoms with Crippen molar-refractivity contribution < 1.29 is 8.78 Å². The molecule has 0 N–H and O–H groups in total. The van der Waals surface area contributed by atoms with Gasteiger partial charge in [-0.05, 0) is 45.9 Å². The first-order chi connectivity index (χ1) is 9.47. The number of benzene rings is 1. The molecule has 0 radical (unpaired) electrons. The molecule has 0 saturated heterocycles. The zero-order valence-electron chi connectivity index (χ0n) is 10.0. The van der Waals surface area contributed by atoms with Crippen molar-refractivity contribution in [3.8, 4) is 11.4 Å². The molecule has 0 bridgehead atoms. The van der Waals surface area contributed by atoms with Crippen molar-refractivity contribution in [2.24, 2.45) is 0 Å². The standard InChI is InChI=1S/C13H6BrClF2N2S/c1-5-4-20-11-10(5)18-13(19-12(11)15)6-2-9(17)7(14)3-8(6)16/h2-4H,1H3. The average molecular weight is 376 g/mol. The Kier molecular flexibility index (Phi) is 3.48. The summed E-state index contributed by atoms with van der Waals surface area (Å²) in [5.41, 5.74) is 1.57. The van der Waals surface area contributed by atoms with Crippen LogP contribution in [0.5, 0.6) is 0 Å². The molecule has 0 aliphatic rings. The Balaban J connectivity index is 2.29. The minimum atomic E-state index is -0.610. The fourth-order valence-electron chi connectivity index (χ4n) is 1.81. The Morgan fingerprint density at radius 1 is 1.20 bits per heavy atom. The molecular formula is C13H6BrClF2N2S. The number of rotatable bonds is 1. The summed E-state index contributed by atoms with van der Waals surface area (Å²) in [5, 5.41) is 2.14. The molecule has 0 unspecified atom stereocenters. The van der Waals surface area contributed by atoms with Crippen LogP contribution in [0, 0.1) is 18.6 Å². The van der Waals surface area contributed by atoms with Gasteiger partial charge >= 0.3 is 0 Å². The van der Waals surface area contributed by atoms with Gasteiger partial charge in [0.05, 0.1) is 20.3 Å². The summed E-state index contributed by atoms with van der Waals surface area (Å²) < 4.78 is 28.3. The summed E-state index contributed by atoms with van der Waals surface area (Å²) in [6, 6.07) is 2.10. The fourth-order valence-corrected chi connectivity index (χ4v) is 3.30. The lowest BCUT2D eigenvalue weighted by Crippen LogP contribution is -1.95. The topological polar surface area (TPSA) is 25.8 Å². The molecule has 3 aromatic rings. The summed E-state index contributed by atoms with van der Waals surface area (Å²) in [4.78, 5) is 8.35. The molecular weight excluding hydrogens is 370 g/mol. The molecule has 2 heterocycles. The number of thiophene rings is 1. The molecule has 0 fully saturated rings. The Morgan fingerprint density at radius 2 is 1.95 bits per heavy atom. The van der Waals surface area contributed by atoms with Crippen molar-refractivity contribution >= 4 is 49.1 Å². The minimum absolute atomic E-state index is 0.0138.